The molecule has 2 aromatic carbocycles. The molecule has 1 aromatic heterocycles. The summed E-state index contributed by atoms with van der Waals surface area (Å²) in [5, 5.41) is 6.37. The highest BCUT2D eigenvalue weighted by atomic mass is 19.4. The summed E-state index contributed by atoms with van der Waals surface area (Å²) in [5.74, 6) is -1.81. The average molecular weight is 430 g/mol. The van der Waals surface area contributed by atoms with E-state index in [0.29, 0.717) is 11.1 Å². The van der Waals surface area contributed by atoms with Crippen LogP contribution in [-0.4, -0.2) is 40.1 Å². The number of hydrogen-bond donors (Lipinski definition) is 1. The molecule has 1 amide bonds. The average Bonchev–Trinajstić information content (AvgIpc) is 3.40. The van der Waals surface area contributed by atoms with Crippen molar-refractivity contribution in [2.24, 2.45) is 0 Å². The van der Waals surface area contributed by atoms with Gasteiger partial charge in [-0.2, -0.15) is 18.2 Å². The number of amides is 1. The molecule has 1 aliphatic rings. The molecule has 3 aromatic rings. The molecular formula is C22H21F3N4O2. The van der Waals surface area contributed by atoms with Crippen LogP contribution in [0.1, 0.15) is 33.8 Å². The Kier molecular flexibility index (Phi) is 5.77. The van der Waals surface area contributed by atoms with Crippen LogP contribution in [-0.2, 0) is 12.7 Å². The van der Waals surface area contributed by atoms with Crippen molar-refractivity contribution < 1.29 is 22.5 Å². The Balaban J connectivity index is 1.33. The highest BCUT2D eigenvalue weighted by Crippen LogP contribution is 2.29. The third-order valence-corrected chi connectivity index (χ3v) is 5.21. The molecule has 2 heterocycles. The summed E-state index contributed by atoms with van der Waals surface area (Å²) in [6.07, 6.45) is -3.83. The largest absolute Gasteiger partial charge is 0.471 e. The first-order valence-electron chi connectivity index (χ1n) is 9.88. The van der Waals surface area contributed by atoms with E-state index in [2.05, 4.69) is 56.1 Å². The van der Waals surface area contributed by atoms with Gasteiger partial charge in [0.15, 0.2) is 0 Å². The summed E-state index contributed by atoms with van der Waals surface area (Å²) in [5.41, 5.74) is 3.21. The van der Waals surface area contributed by atoms with Crippen LogP contribution in [0.2, 0.25) is 0 Å². The van der Waals surface area contributed by atoms with Crippen molar-refractivity contribution in [2.75, 3.05) is 13.1 Å². The molecule has 1 fully saturated rings. The number of hydrogen-bond acceptors (Lipinski definition) is 5. The maximum Gasteiger partial charge on any atom is 0.471 e. The normalized spacial score (nSPS) is 17.1. The lowest BCUT2D eigenvalue weighted by atomic mass is 10.1. The zero-order valence-corrected chi connectivity index (χ0v) is 16.8. The molecule has 6 nitrogen and oxygen atoms in total. The molecule has 162 valence electrons. The quantitative estimate of drug-likeness (QED) is 0.661. The van der Waals surface area contributed by atoms with Crippen molar-refractivity contribution in [3.8, 4) is 11.4 Å². The molecule has 0 bridgehead atoms. The van der Waals surface area contributed by atoms with Crippen molar-refractivity contribution in [1.29, 1.82) is 0 Å². The third-order valence-electron chi connectivity index (χ3n) is 5.21. The Morgan fingerprint density at radius 3 is 2.52 bits per heavy atom. The number of aromatic nitrogens is 2. The topological polar surface area (TPSA) is 71.3 Å². The summed E-state index contributed by atoms with van der Waals surface area (Å²) in [6, 6.07) is 14.5. The molecule has 1 atom stereocenters. The van der Waals surface area contributed by atoms with Crippen molar-refractivity contribution in [1.82, 2.24) is 20.4 Å². The Hall–Kier alpha value is -3.20. The molecule has 1 saturated heterocycles. The molecule has 0 aliphatic carbocycles. The molecular weight excluding hydrogens is 409 g/mol. The first kappa shape index (κ1) is 21.0. The van der Waals surface area contributed by atoms with Gasteiger partial charge in [-0.25, -0.2) is 0 Å². The van der Waals surface area contributed by atoms with Crippen molar-refractivity contribution >= 4 is 5.91 Å². The molecule has 1 N–H and O–H groups in total. The predicted octanol–water partition coefficient (Wildman–Crippen LogP) is 4.07. The van der Waals surface area contributed by atoms with Crippen molar-refractivity contribution in [3.05, 3.63) is 71.1 Å². The fourth-order valence-corrected chi connectivity index (χ4v) is 3.54. The number of benzene rings is 2. The van der Waals surface area contributed by atoms with Crippen LogP contribution in [0.5, 0.6) is 0 Å². The van der Waals surface area contributed by atoms with Gasteiger partial charge in [-0.15, -0.1) is 0 Å². The van der Waals surface area contributed by atoms with E-state index in [9.17, 15) is 18.0 Å². The predicted molar refractivity (Wildman–Crippen MR) is 107 cm³/mol. The lowest BCUT2D eigenvalue weighted by Crippen LogP contribution is -2.36. The number of nitrogens with zero attached hydrogens (tertiary/aromatic N) is 3. The van der Waals surface area contributed by atoms with E-state index in [-0.39, 0.29) is 17.8 Å². The van der Waals surface area contributed by atoms with E-state index in [1.807, 2.05) is 0 Å². The van der Waals surface area contributed by atoms with Crippen molar-refractivity contribution in [2.45, 2.75) is 32.1 Å². The first-order chi connectivity index (χ1) is 14.8. The second-order valence-corrected chi connectivity index (χ2v) is 7.68. The van der Waals surface area contributed by atoms with E-state index in [0.717, 1.165) is 26.1 Å². The number of halogens is 3. The van der Waals surface area contributed by atoms with Gasteiger partial charge in [0.1, 0.15) is 0 Å². The van der Waals surface area contributed by atoms with Crippen LogP contribution in [0.25, 0.3) is 11.4 Å². The van der Waals surface area contributed by atoms with Gasteiger partial charge in [0, 0.05) is 36.8 Å². The summed E-state index contributed by atoms with van der Waals surface area (Å²) in [4.78, 5) is 18.2. The van der Waals surface area contributed by atoms with Crippen LogP contribution in [0.15, 0.2) is 53.1 Å². The fourth-order valence-electron chi connectivity index (χ4n) is 3.54. The highest BCUT2D eigenvalue weighted by Gasteiger charge is 2.38. The Morgan fingerprint density at radius 2 is 1.87 bits per heavy atom. The molecule has 0 spiro atoms. The fraction of sp³-hybridized carbons (Fsp3) is 0.318. The molecule has 4 rings (SSSR count). The summed E-state index contributed by atoms with van der Waals surface area (Å²) in [6.45, 7) is 4.56. The van der Waals surface area contributed by atoms with Gasteiger partial charge in [-0.05, 0) is 31.0 Å². The zero-order valence-electron chi connectivity index (χ0n) is 16.8. The molecule has 0 unspecified atom stereocenters. The second-order valence-electron chi connectivity index (χ2n) is 7.68. The highest BCUT2D eigenvalue weighted by molar-refractivity contribution is 5.94. The summed E-state index contributed by atoms with van der Waals surface area (Å²) in [7, 11) is 0. The first-order valence-corrected chi connectivity index (χ1v) is 9.88. The van der Waals surface area contributed by atoms with Crippen LogP contribution in [0.3, 0.4) is 0 Å². The smallest absolute Gasteiger partial charge is 0.348 e. The number of alkyl halides is 3. The minimum Gasteiger partial charge on any atom is -0.348 e. The number of carbonyl (C=O) groups is 1. The number of rotatable bonds is 5. The van der Waals surface area contributed by atoms with Gasteiger partial charge in [0.2, 0.25) is 5.82 Å². The van der Waals surface area contributed by atoms with Gasteiger partial charge in [0.05, 0.1) is 0 Å². The molecule has 31 heavy (non-hydrogen) atoms. The Morgan fingerprint density at radius 1 is 1.16 bits per heavy atom. The maximum atomic E-state index is 12.6. The maximum absolute atomic E-state index is 12.6. The van der Waals surface area contributed by atoms with E-state index in [4.69, 9.17) is 0 Å². The SMILES string of the molecule is Cc1ccc(CN2CC[C@H](NC(=O)c3ccc(-c4noc(C(F)(F)F)n4)cc3)C2)cc1. The van der Waals surface area contributed by atoms with Crippen LogP contribution in [0.4, 0.5) is 13.2 Å². The zero-order chi connectivity index (χ0) is 22.0. The summed E-state index contributed by atoms with van der Waals surface area (Å²) < 4.78 is 42.0. The minimum atomic E-state index is -4.69. The van der Waals surface area contributed by atoms with Gasteiger partial charge in [-0.1, -0.05) is 47.1 Å². The standard InChI is InChI=1S/C22H21F3N4O2/c1-14-2-4-15(5-3-14)12-29-11-10-18(13-29)26-20(30)17-8-6-16(7-9-17)19-27-21(31-28-19)22(23,24)25/h2-9,18H,10-13H2,1H3,(H,26,30)/t18-/m0/s1. The van der Waals surface area contributed by atoms with Crippen LogP contribution < -0.4 is 5.32 Å². The molecule has 1 aliphatic heterocycles. The van der Waals surface area contributed by atoms with Crippen LogP contribution in [0, 0.1) is 6.92 Å². The molecule has 0 radical (unpaired) electrons. The number of carbonyl (C=O) groups excluding carboxylic acids is 1. The van der Waals surface area contributed by atoms with E-state index in [1.54, 1.807) is 0 Å². The summed E-state index contributed by atoms with van der Waals surface area (Å²) >= 11 is 0. The molecule has 0 saturated carbocycles. The Labute approximate surface area is 177 Å². The molecule has 9 heteroatoms. The second kappa shape index (κ2) is 8.50. The number of aryl methyl sites for hydroxylation is 1. The van der Waals surface area contributed by atoms with E-state index < -0.39 is 12.1 Å². The number of likely N-dealkylation sites (tertiary alicyclic amines) is 1. The number of nitrogens with one attached hydrogen (secondary N) is 1. The minimum absolute atomic E-state index is 0.0455. The van der Waals surface area contributed by atoms with Gasteiger partial charge < -0.3 is 9.84 Å². The van der Waals surface area contributed by atoms with E-state index in [1.165, 1.54) is 35.4 Å². The van der Waals surface area contributed by atoms with E-state index >= 15 is 0 Å². The lowest BCUT2D eigenvalue weighted by molar-refractivity contribution is -0.159. The van der Waals surface area contributed by atoms with Crippen LogP contribution >= 0.6 is 0 Å². The third kappa shape index (κ3) is 5.11. The van der Waals surface area contributed by atoms with Gasteiger partial charge in [-0.3, -0.25) is 9.69 Å². The van der Waals surface area contributed by atoms with Crippen molar-refractivity contribution in [3.63, 3.8) is 0 Å². The Bertz CT molecular complexity index is 1050. The van der Waals surface area contributed by atoms with Gasteiger partial charge in [0.25, 0.3) is 5.91 Å². The van der Waals surface area contributed by atoms with Gasteiger partial charge >= 0.3 is 12.1 Å². The lowest BCUT2D eigenvalue weighted by Gasteiger charge is -2.17. The monoisotopic (exact) mass is 430 g/mol.